The van der Waals surface area contributed by atoms with Crippen molar-refractivity contribution in [1.82, 2.24) is 4.57 Å². The van der Waals surface area contributed by atoms with E-state index in [9.17, 15) is 9.59 Å². The smallest absolute Gasteiger partial charge is 0.320 e. The van der Waals surface area contributed by atoms with E-state index in [0.29, 0.717) is 0 Å². The molecule has 0 aliphatic heterocycles. The molecule has 30 heavy (non-hydrogen) atoms. The van der Waals surface area contributed by atoms with Crippen LogP contribution in [0.3, 0.4) is 0 Å². The largest absolute Gasteiger partial charge is 0.468 e. The van der Waals surface area contributed by atoms with Gasteiger partial charge >= 0.3 is 11.9 Å². The topological polar surface area (TPSA) is 57.5 Å². The second-order valence-electron chi connectivity index (χ2n) is 7.30. The lowest BCUT2D eigenvalue weighted by Crippen LogP contribution is -2.28. The van der Waals surface area contributed by atoms with Crippen molar-refractivity contribution in [3.05, 3.63) is 77.5 Å². The highest BCUT2D eigenvalue weighted by atomic mass is 16.5. The molecular weight excluding hydrogens is 378 g/mol. The number of methoxy groups -OCH3 is 2. The van der Waals surface area contributed by atoms with Crippen molar-refractivity contribution in [1.29, 1.82) is 0 Å². The zero-order valence-electron chi connectivity index (χ0n) is 17.8. The molecule has 1 atom stereocenters. The van der Waals surface area contributed by atoms with Crippen LogP contribution in [0.5, 0.6) is 0 Å². The quantitative estimate of drug-likeness (QED) is 0.425. The van der Waals surface area contributed by atoms with Gasteiger partial charge in [0.05, 0.1) is 14.2 Å². The molecule has 0 amide bonds. The molecule has 0 aliphatic rings. The first kappa shape index (κ1) is 21.4. The number of rotatable bonds is 7. The van der Waals surface area contributed by atoms with Crippen LogP contribution in [0.15, 0.2) is 60.7 Å². The van der Waals surface area contributed by atoms with Gasteiger partial charge in [0, 0.05) is 29.6 Å². The molecule has 3 rings (SSSR count). The van der Waals surface area contributed by atoms with Crippen molar-refractivity contribution >= 4 is 28.9 Å². The van der Waals surface area contributed by atoms with Crippen LogP contribution in [0.4, 0.5) is 0 Å². The Morgan fingerprint density at radius 3 is 2.17 bits per heavy atom. The summed E-state index contributed by atoms with van der Waals surface area (Å²) < 4.78 is 11.9. The average molecular weight is 405 g/mol. The monoisotopic (exact) mass is 405 g/mol. The van der Waals surface area contributed by atoms with Crippen LogP contribution < -0.4 is 0 Å². The van der Waals surface area contributed by atoms with Gasteiger partial charge in [-0.3, -0.25) is 9.59 Å². The summed E-state index contributed by atoms with van der Waals surface area (Å²) in [4.78, 5) is 24.7. The van der Waals surface area contributed by atoms with E-state index < -0.39 is 17.9 Å². The molecule has 5 heteroatoms. The van der Waals surface area contributed by atoms with Crippen LogP contribution in [-0.4, -0.2) is 30.7 Å². The normalized spacial score (nSPS) is 12.4. The molecule has 0 saturated carbocycles. The summed E-state index contributed by atoms with van der Waals surface area (Å²) in [6, 6.07) is 18.1. The van der Waals surface area contributed by atoms with Gasteiger partial charge in [0.1, 0.15) is 0 Å². The number of esters is 2. The zero-order valence-corrected chi connectivity index (χ0v) is 17.8. The average Bonchev–Trinajstić information content (AvgIpc) is 3.04. The second-order valence-corrected chi connectivity index (χ2v) is 7.30. The Balaban J connectivity index is 2.09. The predicted molar refractivity (Wildman–Crippen MR) is 118 cm³/mol. The summed E-state index contributed by atoms with van der Waals surface area (Å²) in [6.07, 6.45) is 4.33. The molecule has 0 aliphatic carbocycles. The maximum absolute atomic E-state index is 12.3. The van der Waals surface area contributed by atoms with E-state index >= 15 is 0 Å². The summed E-state index contributed by atoms with van der Waals surface area (Å²) >= 11 is 0. The lowest BCUT2D eigenvalue weighted by atomic mass is 9.89. The van der Waals surface area contributed by atoms with Crippen molar-refractivity contribution in [2.24, 2.45) is 13.0 Å². The van der Waals surface area contributed by atoms with E-state index in [0.717, 1.165) is 27.7 Å². The summed E-state index contributed by atoms with van der Waals surface area (Å²) in [5.74, 6) is -2.36. The first-order valence-electron chi connectivity index (χ1n) is 9.90. The number of hydrogen-bond donors (Lipinski definition) is 0. The number of allylic oxidation sites excluding steroid dienone is 1. The number of nitrogens with zero attached hydrogens (tertiary/aromatic N) is 1. The van der Waals surface area contributed by atoms with Gasteiger partial charge in [0.15, 0.2) is 5.92 Å². The highest BCUT2D eigenvalue weighted by molar-refractivity contribution is 5.95. The molecule has 0 N–H and O–H groups in total. The summed E-state index contributed by atoms with van der Waals surface area (Å²) in [6.45, 7) is 2.08. The van der Waals surface area contributed by atoms with Gasteiger partial charge in [-0.15, -0.1) is 0 Å². The molecule has 0 fully saturated rings. The summed E-state index contributed by atoms with van der Waals surface area (Å²) in [5, 5.41) is 1.15. The number of fused-ring (bicyclic) bond motifs is 1. The molecule has 156 valence electrons. The van der Waals surface area contributed by atoms with E-state index in [-0.39, 0.29) is 12.3 Å². The SMILES string of the molecule is COC(=O)C(CC(/C=C/c1ccccc1)c1c(C)c2ccccc2n1C)C(=O)OC. The third-order valence-electron chi connectivity index (χ3n) is 5.55. The second kappa shape index (κ2) is 9.44. The lowest BCUT2D eigenvalue weighted by Gasteiger charge is -2.20. The minimum Gasteiger partial charge on any atom is -0.468 e. The molecule has 0 bridgehead atoms. The molecule has 3 aromatic rings. The van der Waals surface area contributed by atoms with Crippen LogP contribution in [-0.2, 0) is 26.1 Å². The number of ether oxygens (including phenoxy) is 2. The summed E-state index contributed by atoms with van der Waals surface area (Å²) in [5.41, 5.74) is 4.34. The fourth-order valence-electron chi connectivity index (χ4n) is 4.03. The maximum atomic E-state index is 12.3. The van der Waals surface area contributed by atoms with Gasteiger partial charge in [0.2, 0.25) is 0 Å². The Morgan fingerprint density at radius 1 is 0.967 bits per heavy atom. The minimum atomic E-state index is -0.997. The molecule has 1 aromatic heterocycles. The number of carbonyl (C=O) groups is 2. The van der Waals surface area contributed by atoms with Crippen LogP contribution in [0.1, 0.15) is 29.2 Å². The summed E-state index contributed by atoms with van der Waals surface area (Å²) in [7, 11) is 4.59. The Hall–Kier alpha value is -3.34. The van der Waals surface area contributed by atoms with Crippen LogP contribution >= 0.6 is 0 Å². The Morgan fingerprint density at radius 2 is 1.57 bits per heavy atom. The molecular formula is C25H27NO4. The number of benzene rings is 2. The van der Waals surface area contributed by atoms with Crippen molar-refractivity contribution in [3.8, 4) is 0 Å². The van der Waals surface area contributed by atoms with E-state index in [1.807, 2.05) is 55.6 Å². The highest BCUT2D eigenvalue weighted by Gasteiger charge is 2.33. The molecule has 5 nitrogen and oxygen atoms in total. The van der Waals surface area contributed by atoms with Crippen molar-refractivity contribution in [2.75, 3.05) is 14.2 Å². The first-order valence-corrected chi connectivity index (χ1v) is 9.90. The lowest BCUT2D eigenvalue weighted by molar-refractivity contribution is -0.159. The van der Waals surface area contributed by atoms with Crippen LogP contribution in [0.25, 0.3) is 17.0 Å². The van der Waals surface area contributed by atoms with E-state index in [1.54, 1.807) is 0 Å². The molecule has 2 aromatic carbocycles. The number of aryl methyl sites for hydroxylation is 2. The van der Waals surface area contributed by atoms with Crippen LogP contribution in [0, 0.1) is 12.8 Å². The fraction of sp³-hybridized carbons (Fsp3) is 0.280. The Labute approximate surface area is 176 Å². The molecule has 0 radical (unpaired) electrons. The van der Waals surface area contributed by atoms with Gasteiger partial charge in [-0.25, -0.2) is 0 Å². The predicted octanol–water partition coefficient (Wildman–Crippen LogP) is 4.64. The third kappa shape index (κ3) is 4.30. The van der Waals surface area contributed by atoms with Gasteiger partial charge in [-0.05, 0) is 30.5 Å². The van der Waals surface area contributed by atoms with Gasteiger partial charge < -0.3 is 14.0 Å². The van der Waals surface area contributed by atoms with Crippen molar-refractivity contribution in [3.63, 3.8) is 0 Å². The maximum Gasteiger partial charge on any atom is 0.320 e. The van der Waals surface area contributed by atoms with Gasteiger partial charge in [-0.2, -0.15) is 0 Å². The molecule has 0 saturated heterocycles. The zero-order chi connectivity index (χ0) is 21.7. The minimum absolute atomic E-state index is 0.189. The standard InChI is InChI=1S/C25H27NO4/c1-17-20-12-8-9-13-22(20)26(2)23(17)19(15-14-18-10-6-5-7-11-18)16-21(24(27)29-3)25(28)30-4/h5-15,19,21H,16H2,1-4H3/b15-14+. The van der Waals surface area contributed by atoms with Crippen molar-refractivity contribution < 1.29 is 19.1 Å². The van der Waals surface area contributed by atoms with Crippen molar-refractivity contribution in [2.45, 2.75) is 19.3 Å². The Bertz CT molecular complexity index is 1010. The number of aromatic nitrogens is 1. The fourth-order valence-corrected chi connectivity index (χ4v) is 4.03. The highest BCUT2D eigenvalue weighted by Crippen LogP contribution is 2.35. The third-order valence-corrected chi connectivity index (χ3v) is 5.55. The van der Waals surface area contributed by atoms with Gasteiger partial charge in [0.25, 0.3) is 0 Å². The number of para-hydroxylation sites is 1. The Kier molecular flexibility index (Phi) is 6.72. The number of hydrogen-bond acceptors (Lipinski definition) is 4. The first-order chi connectivity index (χ1) is 14.5. The van der Waals surface area contributed by atoms with E-state index in [2.05, 4.69) is 29.7 Å². The van der Waals surface area contributed by atoms with Gasteiger partial charge in [-0.1, -0.05) is 60.7 Å². The van der Waals surface area contributed by atoms with E-state index in [4.69, 9.17) is 9.47 Å². The van der Waals surface area contributed by atoms with E-state index in [1.165, 1.54) is 14.2 Å². The number of carbonyl (C=O) groups excluding carboxylic acids is 2. The van der Waals surface area contributed by atoms with Crippen LogP contribution in [0.2, 0.25) is 0 Å². The molecule has 0 spiro atoms. The molecule has 1 heterocycles. The molecule has 1 unspecified atom stereocenters.